The molecule has 0 spiro atoms. The summed E-state index contributed by atoms with van der Waals surface area (Å²) in [5.74, 6) is 2.88. The molecule has 2 aliphatic heterocycles. The third-order valence-corrected chi connectivity index (χ3v) is 10.9. The highest BCUT2D eigenvalue weighted by molar-refractivity contribution is 9.10. The standard InChI is InChI=1S/C22H18N2O3.C16H13BrN2O3.C6H7BO2/c25-21(22(10-11-22)16-6-9-19-20(12-16)27-14-26-19)24-17-7-8-18(23-13-17)15-4-2-1-3-5-15;17-14-4-2-11(8-18-14)19-15(20)16(5-6-16)10-1-3-12-13(7-10)22-9-21-12;8-7(9)6-4-2-1-3-5-6/h1-9,12-13H,10-11,14H2,(H,24,25);1-4,7-8H,5-6,9H2,(H,19,20);1-5,8-9H. The molecule has 0 bridgehead atoms. The third-order valence-electron chi connectivity index (χ3n) is 10.4. The number of nitrogens with zero attached hydrogens (tertiary/aromatic N) is 2. The van der Waals surface area contributed by atoms with Crippen molar-refractivity contribution in [1.82, 2.24) is 9.97 Å². The quantitative estimate of drug-likeness (QED) is 0.0953. The van der Waals surface area contributed by atoms with Gasteiger partial charge in [-0.1, -0.05) is 72.8 Å². The summed E-state index contributed by atoms with van der Waals surface area (Å²) in [5.41, 5.74) is 4.84. The molecule has 0 saturated heterocycles. The molecule has 0 unspecified atom stereocenters. The van der Waals surface area contributed by atoms with Gasteiger partial charge < -0.3 is 39.6 Å². The number of carbonyl (C=O) groups is 2. The first-order valence-corrected chi connectivity index (χ1v) is 19.5. The number of nitrogens with one attached hydrogen (secondary N) is 2. The van der Waals surface area contributed by atoms with E-state index in [9.17, 15) is 9.59 Å². The van der Waals surface area contributed by atoms with Crippen LogP contribution < -0.4 is 35.0 Å². The van der Waals surface area contributed by atoms with Gasteiger partial charge in [0.05, 0.1) is 40.3 Å². The van der Waals surface area contributed by atoms with Crippen LogP contribution in [0.5, 0.6) is 23.0 Å². The van der Waals surface area contributed by atoms with Crippen LogP contribution in [0.25, 0.3) is 11.3 Å². The number of anilines is 2. The lowest BCUT2D eigenvalue weighted by Gasteiger charge is -2.16. The van der Waals surface area contributed by atoms with Gasteiger partial charge in [-0.15, -0.1) is 0 Å². The van der Waals surface area contributed by atoms with Gasteiger partial charge in [0.25, 0.3) is 0 Å². The first-order valence-electron chi connectivity index (χ1n) is 18.7. The molecule has 4 N–H and O–H groups in total. The molecule has 2 fully saturated rings. The Balaban J connectivity index is 0.000000136. The minimum absolute atomic E-state index is 0.00405. The average molecular weight is 842 g/mol. The van der Waals surface area contributed by atoms with Crippen molar-refractivity contribution < 1.29 is 38.6 Å². The molecule has 0 atom stereocenters. The SMILES string of the molecule is O=C(Nc1ccc(-c2ccccc2)nc1)C1(c2ccc3c(c2)OCO3)CC1.O=C(Nc1ccc(Br)nc1)C1(c2ccc3c(c2)OCO3)CC1.OB(O)c1ccccc1. The van der Waals surface area contributed by atoms with Crippen molar-refractivity contribution in [3.63, 3.8) is 0 Å². The van der Waals surface area contributed by atoms with Crippen molar-refractivity contribution >= 4 is 51.7 Å². The van der Waals surface area contributed by atoms with E-state index in [4.69, 9.17) is 29.0 Å². The van der Waals surface area contributed by atoms with E-state index < -0.39 is 17.9 Å². The number of pyridine rings is 2. The van der Waals surface area contributed by atoms with Crippen LogP contribution in [-0.4, -0.2) is 52.5 Å². The highest BCUT2D eigenvalue weighted by atomic mass is 79.9. The van der Waals surface area contributed by atoms with E-state index in [1.54, 1.807) is 42.7 Å². The highest BCUT2D eigenvalue weighted by Gasteiger charge is 2.52. The molecule has 4 aromatic carbocycles. The molecule has 12 nitrogen and oxygen atoms in total. The Morgan fingerprint density at radius 3 is 1.50 bits per heavy atom. The Labute approximate surface area is 343 Å². The maximum absolute atomic E-state index is 12.9. The molecule has 2 aliphatic carbocycles. The van der Waals surface area contributed by atoms with E-state index in [2.05, 4.69) is 36.5 Å². The lowest BCUT2D eigenvalue weighted by Crippen LogP contribution is -2.29. The minimum Gasteiger partial charge on any atom is -0.454 e. The number of benzene rings is 4. The zero-order valence-electron chi connectivity index (χ0n) is 31.1. The zero-order valence-corrected chi connectivity index (χ0v) is 32.7. The van der Waals surface area contributed by atoms with Gasteiger partial charge in [0.15, 0.2) is 23.0 Å². The van der Waals surface area contributed by atoms with E-state index in [-0.39, 0.29) is 25.4 Å². The van der Waals surface area contributed by atoms with Crippen LogP contribution in [0.1, 0.15) is 36.8 Å². The van der Waals surface area contributed by atoms with Crippen molar-refractivity contribution in [3.05, 3.63) is 149 Å². The molecule has 58 heavy (non-hydrogen) atoms. The van der Waals surface area contributed by atoms with E-state index in [1.807, 2.05) is 91.0 Å². The van der Waals surface area contributed by atoms with Gasteiger partial charge in [0.1, 0.15) is 4.60 Å². The second-order valence-corrected chi connectivity index (χ2v) is 15.0. The number of ether oxygens (including phenoxy) is 4. The molecule has 0 radical (unpaired) electrons. The average Bonchev–Trinajstić information content (AvgIpc) is 4.16. The van der Waals surface area contributed by atoms with Crippen molar-refractivity contribution in [1.29, 1.82) is 0 Å². The van der Waals surface area contributed by atoms with Crippen molar-refractivity contribution in [3.8, 4) is 34.3 Å². The van der Waals surface area contributed by atoms with Crippen molar-refractivity contribution in [2.75, 3.05) is 24.2 Å². The summed E-state index contributed by atoms with van der Waals surface area (Å²) in [4.78, 5) is 34.2. The van der Waals surface area contributed by atoms with Gasteiger partial charge in [-0.05, 0) is 107 Å². The largest absolute Gasteiger partial charge is 0.488 e. The molecule has 2 amide bonds. The summed E-state index contributed by atoms with van der Waals surface area (Å²) in [6, 6.07) is 37.5. The number of hydrogen-bond acceptors (Lipinski definition) is 10. The fraction of sp³-hybridized carbons (Fsp3) is 0.182. The summed E-state index contributed by atoms with van der Waals surface area (Å²) in [6.45, 7) is 0.472. The summed E-state index contributed by atoms with van der Waals surface area (Å²) >= 11 is 3.28. The Kier molecular flexibility index (Phi) is 11.1. The number of aromatic nitrogens is 2. The summed E-state index contributed by atoms with van der Waals surface area (Å²) < 4.78 is 22.3. The van der Waals surface area contributed by atoms with Crippen LogP contribution in [0.4, 0.5) is 11.4 Å². The van der Waals surface area contributed by atoms with Crippen LogP contribution in [0.3, 0.4) is 0 Å². The number of amides is 2. The Hall–Kier alpha value is -6.22. The van der Waals surface area contributed by atoms with Gasteiger partial charge in [-0.3, -0.25) is 14.6 Å². The van der Waals surface area contributed by atoms with Gasteiger partial charge in [-0.2, -0.15) is 0 Å². The van der Waals surface area contributed by atoms with Crippen LogP contribution in [0, 0.1) is 0 Å². The van der Waals surface area contributed by atoms with Crippen molar-refractivity contribution in [2.45, 2.75) is 36.5 Å². The topological polar surface area (TPSA) is 161 Å². The second-order valence-electron chi connectivity index (χ2n) is 14.2. The van der Waals surface area contributed by atoms with E-state index in [0.717, 1.165) is 64.2 Å². The van der Waals surface area contributed by atoms with Crippen molar-refractivity contribution in [2.24, 2.45) is 0 Å². The van der Waals surface area contributed by atoms with Crippen LogP contribution in [0.15, 0.2) is 138 Å². The molecule has 292 valence electrons. The molecule has 6 aromatic rings. The molecule has 14 heteroatoms. The van der Waals surface area contributed by atoms with Gasteiger partial charge in [0, 0.05) is 5.56 Å². The van der Waals surface area contributed by atoms with E-state index >= 15 is 0 Å². The number of rotatable bonds is 8. The Morgan fingerprint density at radius 2 is 1.07 bits per heavy atom. The number of fused-ring (bicyclic) bond motifs is 2. The van der Waals surface area contributed by atoms with Crippen LogP contribution >= 0.6 is 15.9 Å². The zero-order chi connectivity index (χ0) is 40.1. The second kappa shape index (κ2) is 16.7. The first kappa shape index (κ1) is 38.6. The summed E-state index contributed by atoms with van der Waals surface area (Å²) in [7, 11) is -1.34. The maximum atomic E-state index is 12.9. The van der Waals surface area contributed by atoms with Crippen LogP contribution in [0.2, 0.25) is 0 Å². The Morgan fingerprint density at radius 1 is 0.586 bits per heavy atom. The predicted octanol–water partition coefficient (Wildman–Crippen LogP) is 6.76. The third kappa shape index (κ3) is 8.54. The summed E-state index contributed by atoms with van der Waals surface area (Å²) in [6.07, 6.45) is 6.67. The van der Waals surface area contributed by atoms with E-state index in [0.29, 0.717) is 28.3 Å². The number of halogens is 1. The molecule has 4 aliphatic rings. The normalized spacial score (nSPS) is 15.4. The smallest absolute Gasteiger partial charge is 0.454 e. The van der Waals surface area contributed by atoms with Gasteiger partial charge >= 0.3 is 7.12 Å². The monoisotopic (exact) mass is 840 g/mol. The summed E-state index contributed by atoms with van der Waals surface area (Å²) in [5, 5.41) is 23.1. The molecular formula is C44H38BBrN4O8. The lowest BCUT2D eigenvalue weighted by atomic mass is 9.81. The molecular weight excluding hydrogens is 803 g/mol. The number of hydrogen-bond donors (Lipinski definition) is 4. The molecule has 4 heterocycles. The first-order chi connectivity index (χ1) is 28.2. The van der Waals surface area contributed by atoms with Gasteiger partial charge in [-0.25, -0.2) is 4.98 Å². The molecule has 2 saturated carbocycles. The lowest BCUT2D eigenvalue weighted by molar-refractivity contribution is -0.119. The fourth-order valence-corrected chi connectivity index (χ4v) is 6.99. The highest BCUT2D eigenvalue weighted by Crippen LogP contribution is 2.52. The number of carbonyl (C=O) groups excluding carboxylic acids is 2. The maximum Gasteiger partial charge on any atom is 0.488 e. The predicted molar refractivity (Wildman–Crippen MR) is 222 cm³/mol. The molecule has 2 aromatic heterocycles. The van der Waals surface area contributed by atoms with Crippen LogP contribution in [-0.2, 0) is 20.4 Å². The van der Waals surface area contributed by atoms with Gasteiger partial charge in [0.2, 0.25) is 25.4 Å². The fourth-order valence-electron chi connectivity index (χ4n) is 6.76. The van der Waals surface area contributed by atoms with E-state index in [1.165, 1.54) is 0 Å². The Bertz CT molecular complexity index is 2400. The molecule has 10 rings (SSSR count). The minimum atomic E-state index is -1.34.